The summed E-state index contributed by atoms with van der Waals surface area (Å²) in [5.74, 6) is 0.0156. The summed E-state index contributed by atoms with van der Waals surface area (Å²) in [6.45, 7) is 7.81. The van der Waals surface area contributed by atoms with Gasteiger partial charge >= 0.3 is 5.69 Å². The van der Waals surface area contributed by atoms with Crippen LogP contribution in [-0.4, -0.2) is 17.9 Å². The first-order valence-corrected chi connectivity index (χ1v) is 9.53. The normalized spacial score (nSPS) is 14.8. The SMILES string of the molecule is COc1c([N+](=O)[O-])cc(C=C2C(=O)Nc3ccc(Br)c(C)c32)cc1C(C)(C)C. The molecule has 1 N–H and O–H groups in total. The molecule has 146 valence electrons. The standard InChI is InChI=1S/C21H21BrN2O4/c1-11-15(22)6-7-16-18(11)13(20(25)23-16)8-12-9-14(21(2,3)4)19(28-5)17(10-12)24(26)27/h6-10H,1-5H3,(H,23,25). The number of benzene rings is 2. The molecule has 3 rings (SSSR count). The smallest absolute Gasteiger partial charge is 0.311 e. The van der Waals surface area contributed by atoms with Crippen molar-refractivity contribution in [1.29, 1.82) is 0 Å². The number of nitro benzene ring substituents is 1. The van der Waals surface area contributed by atoms with Crippen molar-refractivity contribution < 1.29 is 14.5 Å². The quantitative estimate of drug-likeness (QED) is 0.386. The largest absolute Gasteiger partial charge is 0.490 e. The molecule has 2 aromatic rings. The highest BCUT2D eigenvalue weighted by molar-refractivity contribution is 9.10. The van der Waals surface area contributed by atoms with Crippen molar-refractivity contribution in [2.24, 2.45) is 0 Å². The zero-order valence-electron chi connectivity index (χ0n) is 16.3. The van der Waals surface area contributed by atoms with Gasteiger partial charge in [0.15, 0.2) is 0 Å². The molecule has 0 saturated heterocycles. The second-order valence-electron chi connectivity index (χ2n) is 7.74. The molecule has 7 heteroatoms. The van der Waals surface area contributed by atoms with Crippen molar-refractivity contribution >= 4 is 44.9 Å². The van der Waals surface area contributed by atoms with E-state index in [9.17, 15) is 14.9 Å². The molecule has 6 nitrogen and oxygen atoms in total. The molecule has 0 radical (unpaired) electrons. The maximum absolute atomic E-state index is 12.6. The van der Waals surface area contributed by atoms with Gasteiger partial charge in [-0.05, 0) is 47.7 Å². The molecule has 0 atom stereocenters. The Kier molecular flexibility index (Phi) is 5.06. The van der Waals surface area contributed by atoms with Crippen LogP contribution in [0.2, 0.25) is 0 Å². The van der Waals surface area contributed by atoms with E-state index in [2.05, 4.69) is 21.2 Å². The van der Waals surface area contributed by atoms with E-state index >= 15 is 0 Å². The van der Waals surface area contributed by atoms with Crippen molar-refractivity contribution in [2.45, 2.75) is 33.1 Å². The van der Waals surface area contributed by atoms with Crippen molar-refractivity contribution in [3.05, 3.63) is 61.1 Å². The topological polar surface area (TPSA) is 81.5 Å². The molecule has 1 aliphatic rings. The Bertz CT molecular complexity index is 1040. The third-order valence-electron chi connectivity index (χ3n) is 4.77. The highest BCUT2D eigenvalue weighted by Crippen LogP contribution is 2.42. The average molecular weight is 445 g/mol. The van der Waals surface area contributed by atoms with Gasteiger partial charge in [0, 0.05) is 32.9 Å². The van der Waals surface area contributed by atoms with Crippen LogP contribution in [0.4, 0.5) is 11.4 Å². The average Bonchev–Trinajstić information content (AvgIpc) is 2.93. The molecule has 0 saturated carbocycles. The maximum atomic E-state index is 12.6. The summed E-state index contributed by atoms with van der Waals surface area (Å²) in [7, 11) is 1.43. The number of anilines is 1. The molecular formula is C21H21BrN2O4. The number of amides is 1. The lowest BCUT2D eigenvalue weighted by molar-refractivity contribution is -0.385. The van der Waals surface area contributed by atoms with Crippen LogP contribution in [0.1, 0.15) is 43.0 Å². The van der Waals surface area contributed by atoms with E-state index in [-0.39, 0.29) is 22.8 Å². The van der Waals surface area contributed by atoms with Crippen LogP contribution in [0.3, 0.4) is 0 Å². The van der Waals surface area contributed by atoms with Crippen molar-refractivity contribution in [3.8, 4) is 5.75 Å². The fourth-order valence-electron chi connectivity index (χ4n) is 3.37. The summed E-state index contributed by atoms with van der Waals surface area (Å²) in [6, 6.07) is 7.01. The van der Waals surface area contributed by atoms with Crippen LogP contribution >= 0.6 is 15.9 Å². The molecule has 0 unspecified atom stereocenters. The summed E-state index contributed by atoms with van der Waals surface area (Å²) in [4.78, 5) is 23.7. The Morgan fingerprint density at radius 1 is 1.25 bits per heavy atom. The molecule has 0 aromatic heterocycles. The lowest BCUT2D eigenvalue weighted by atomic mass is 9.84. The fraction of sp³-hybridized carbons (Fsp3) is 0.286. The number of carbonyl (C=O) groups is 1. The second-order valence-corrected chi connectivity index (χ2v) is 8.59. The minimum absolute atomic E-state index is 0.119. The van der Waals surface area contributed by atoms with Gasteiger partial charge in [-0.1, -0.05) is 36.7 Å². The van der Waals surface area contributed by atoms with Gasteiger partial charge < -0.3 is 10.1 Å². The van der Waals surface area contributed by atoms with E-state index < -0.39 is 4.92 Å². The number of nitrogens with one attached hydrogen (secondary N) is 1. The van der Waals surface area contributed by atoms with Crippen LogP contribution in [0.5, 0.6) is 5.75 Å². The lowest BCUT2D eigenvalue weighted by Gasteiger charge is -2.22. The van der Waals surface area contributed by atoms with Gasteiger partial charge in [-0.2, -0.15) is 0 Å². The number of carbonyl (C=O) groups excluding carboxylic acids is 1. The third kappa shape index (κ3) is 3.42. The van der Waals surface area contributed by atoms with E-state index in [0.29, 0.717) is 16.7 Å². The van der Waals surface area contributed by atoms with Crippen LogP contribution in [0, 0.1) is 17.0 Å². The van der Waals surface area contributed by atoms with E-state index in [1.807, 2.05) is 45.9 Å². The van der Waals surface area contributed by atoms with E-state index in [4.69, 9.17) is 4.74 Å². The predicted octanol–water partition coefficient (Wildman–Crippen LogP) is 5.46. The number of nitrogens with zero attached hydrogens (tertiary/aromatic N) is 1. The summed E-state index contributed by atoms with van der Waals surface area (Å²) >= 11 is 3.50. The van der Waals surface area contributed by atoms with Gasteiger partial charge in [0.25, 0.3) is 5.91 Å². The molecular weight excluding hydrogens is 424 g/mol. The first-order valence-electron chi connectivity index (χ1n) is 8.74. The Morgan fingerprint density at radius 2 is 1.93 bits per heavy atom. The predicted molar refractivity (Wildman–Crippen MR) is 114 cm³/mol. The zero-order chi connectivity index (χ0) is 20.8. The summed E-state index contributed by atoms with van der Waals surface area (Å²) in [6.07, 6.45) is 1.70. The third-order valence-corrected chi connectivity index (χ3v) is 5.63. The number of hydrogen-bond acceptors (Lipinski definition) is 4. The monoisotopic (exact) mass is 444 g/mol. The molecule has 0 spiro atoms. The van der Waals surface area contributed by atoms with Gasteiger partial charge in [-0.25, -0.2) is 0 Å². The minimum atomic E-state index is -0.458. The van der Waals surface area contributed by atoms with Gasteiger partial charge in [0.1, 0.15) is 0 Å². The number of halogens is 1. The Hall–Kier alpha value is -2.67. The number of rotatable bonds is 3. The number of methoxy groups -OCH3 is 1. The number of hydrogen-bond donors (Lipinski definition) is 1. The minimum Gasteiger partial charge on any atom is -0.490 e. The van der Waals surface area contributed by atoms with Crippen LogP contribution in [0.25, 0.3) is 11.6 Å². The van der Waals surface area contributed by atoms with Crippen molar-refractivity contribution in [2.75, 3.05) is 12.4 Å². The molecule has 0 aliphatic carbocycles. The first-order chi connectivity index (χ1) is 13.0. The van der Waals surface area contributed by atoms with E-state index in [0.717, 1.165) is 21.3 Å². The molecule has 2 aromatic carbocycles. The van der Waals surface area contributed by atoms with E-state index in [1.54, 1.807) is 6.08 Å². The Labute approximate surface area is 171 Å². The number of fused-ring (bicyclic) bond motifs is 1. The summed E-state index contributed by atoms with van der Waals surface area (Å²) < 4.78 is 6.25. The molecule has 1 aliphatic heterocycles. The van der Waals surface area contributed by atoms with Gasteiger partial charge in [0.2, 0.25) is 5.75 Å². The molecule has 1 amide bonds. The van der Waals surface area contributed by atoms with Gasteiger partial charge in [-0.15, -0.1) is 0 Å². The second kappa shape index (κ2) is 7.05. The molecule has 0 fully saturated rings. The van der Waals surface area contributed by atoms with Gasteiger partial charge in [-0.3, -0.25) is 14.9 Å². The summed E-state index contributed by atoms with van der Waals surface area (Å²) in [5.41, 5.74) is 3.74. The first kappa shape index (κ1) is 20.1. The Morgan fingerprint density at radius 3 is 2.50 bits per heavy atom. The van der Waals surface area contributed by atoms with Crippen molar-refractivity contribution in [1.82, 2.24) is 0 Å². The molecule has 1 heterocycles. The molecule has 0 bridgehead atoms. The zero-order valence-corrected chi connectivity index (χ0v) is 17.9. The van der Waals surface area contributed by atoms with Crippen LogP contribution in [-0.2, 0) is 10.2 Å². The highest BCUT2D eigenvalue weighted by Gasteiger charge is 2.30. The Balaban J connectivity index is 2.27. The maximum Gasteiger partial charge on any atom is 0.311 e. The van der Waals surface area contributed by atoms with Crippen molar-refractivity contribution in [3.63, 3.8) is 0 Å². The highest BCUT2D eigenvalue weighted by atomic mass is 79.9. The lowest BCUT2D eigenvalue weighted by Crippen LogP contribution is -2.14. The molecule has 28 heavy (non-hydrogen) atoms. The van der Waals surface area contributed by atoms with E-state index in [1.165, 1.54) is 13.2 Å². The van der Waals surface area contributed by atoms with Crippen LogP contribution in [0.15, 0.2) is 28.7 Å². The van der Waals surface area contributed by atoms with Gasteiger partial charge in [0.05, 0.1) is 12.0 Å². The summed E-state index contributed by atoms with van der Waals surface area (Å²) in [5, 5.41) is 14.5. The number of nitro groups is 1. The fourth-order valence-corrected chi connectivity index (χ4v) is 3.70. The number of ether oxygens (including phenoxy) is 1. The van der Waals surface area contributed by atoms with Crippen LogP contribution < -0.4 is 10.1 Å².